The van der Waals surface area contributed by atoms with E-state index in [-0.39, 0.29) is 5.41 Å². The summed E-state index contributed by atoms with van der Waals surface area (Å²) in [6, 6.07) is 0. The van der Waals surface area contributed by atoms with E-state index in [1.54, 1.807) is 11.8 Å². The number of nitrogens with zero attached hydrogens (tertiary/aromatic N) is 2. The van der Waals surface area contributed by atoms with Crippen LogP contribution in [0.4, 0.5) is 0 Å². The van der Waals surface area contributed by atoms with Crippen molar-refractivity contribution in [2.24, 2.45) is 11.1 Å². The van der Waals surface area contributed by atoms with Crippen molar-refractivity contribution in [3.8, 4) is 0 Å². The second-order valence-corrected chi connectivity index (χ2v) is 7.04. The van der Waals surface area contributed by atoms with Gasteiger partial charge in [0.1, 0.15) is 0 Å². The van der Waals surface area contributed by atoms with Crippen LogP contribution in [0.2, 0.25) is 0 Å². The second kappa shape index (κ2) is 7.25. The number of aromatic nitrogens is 2. The summed E-state index contributed by atoms with van der Waals surface area (Å²) in [4.78, 5) is 9.06. The van der Waals surface area contributed by atoms with Crippen molar-refractivity contribution in [1.29, 1.82) is 0 Å². The van der Waals surface area contributed by atoms with Gasteiger partial charge in [0.05, 0.1) is 0 Å². The predicted molar refractivity (Wildman–Crippen MR) is 83.7 cm³/mol. The van der Waals surface area contributed by atoms with Crippen LogP contribution in [0.1, 0.15) is 50.1 Å². The van der Waals surface area contributed by atoms with E-state index in [0.29, 0.717) is 0 Å². The third-order valence-electron chi connectivity index (χ3n) is 3.64. The van der Waals surface area contributed by atoms with Crippen LogP contribution >= 0.6 is 11.8 Å². The fraction of sp³-hybridized carbons (Fsp3) is 0.733. The minimum absolute atomic E-state index is 0.276. The zero-order chi connectivity index (χ0) is 14.5. The molecule has 2 N–H and O–H groups in total. The minimum Gasteiger partial charge on any atom is -0.330 e. The molecule has 108 valence electrons. The molecule has 19 heavy (non-hydrogen) atoms. The van der Waals surface area contributed by atoms with Crippen LogP contribution < -0.4 is 5.73 Å². The topological polar surface area (TPSA) is 51.8 Å². The van der Waals surface area contributed by atoms with E-state index in [0.717, 1.165) is 28.8 Å². The van der Waals surface area contributed by atoms with E-state index in [4.69, 9.17) is 5.73 Å². The van der Waals surface area contributed by atoms with Gasteiger partial charge in [-0.25, -0.2) is 9.97 Å². The first kappa shape index (κ1) is 16.4. The number of rotatable bonds is 7. The molecule has 0 unspecified atom stereocenters. The maximum absolute atomic E-state index is 5.73. The van der Waals surface area contributed by atoms with Crippen molar-refractivity contribution in [1.82, 2.24) is 9.97 Å². The Bertz CT molecular complexity index is 393. The van der Waals surface area contributed by atoms with Gasteiger partial charge in [-0.1, -0.05) is 32.0 Å². The highest BCUT2D eigenvalue weighted by atomic mass is 32.2. The first-order chi connectivity index (χ1) is 8.85. The van der Waals surface area contributed by atoms with Crippen LogP contribution in [0.15, 0.2) is 5.16 Å². The van der Waals surface area contributed by atoms with E-state index in [1.165, 1.54) is 24.8 Å². The fourth-order valence-electron chi connectivity index (χ4n) is 1.78. The molecule has 0 fully saturated rings. The lowest BCUT2D eigenvalue weighted by Crippen LogP contribution is -2.23. The molecule has 1 aromatic rings. The molecule has 0 atom stereocenters. The first-order valence-corrected chi connectivity index (χ1v) is 7.99. The van der Waals surface area contributed by atoms with E-state index < -0.39 is 0 Å². The lowest BCUT2D eigenvalue weighted by atomic mass is 9.88. The summed E-state index contributed by atoms with van der Waals surface area (Å²) >= 11 is 1.76. The van der Waals surface area contributed by atoms with Crippen LogP contribution in [-0.4, -0.2) is 22.3 Å². The summed E-state index contributed by atoms with van der Waals surface area (Å²) in [5.74, 6) is 1.09. The van der Waals surface area contributed by atoms with Gasteiger partial charge in [-0.15, -0.1) is 0 Å². The molecular weight excluding hydrogens is 254 g/mol. The summed E-state index contributed by atoms with van der Waals surface area (Å²) in [6.07, 6.45) is 3.61. The average molecular weight is 281 g/mol. The molecule has 0 saturated carbocycles. The Morgan fingerprint density at radius 1 is 1.05 bits per heavy atom. The highest BCUT2D eigenvalue weighted by molar-refractivity contribution is 7.99. The van der Waals surface area contributed by atoms with Crippen molar-refractivity contribution in [2.45, 2.75) is 59.0 Å². The van der Waals surface area contributed by atoms with Crippen molar-refractivity contribution >= 4 is 11.8 Å². The Balaban J connectivity index is 2.34. The molecule has 0 saturated heterocycles. The van der Waals surface area contributed by atoms with Gasteiger partial charge in [-0.2, -0.15) is 0 Å². The Kier molecular flexibility index (Phi) is 6.27. The predicted octanol–water partition coefficient (Wildman–Crippen LogP) is 3.65. The molecule has 0 aliphatic rings. The average Bonchev–Trinajstić information content (AvgIpc) is 2.35. The molecular formula is C15H27N3S. The van der Waals surface area contributed by atoms with Crippen molar-refractivity contribution in [2.75, 3.05) is 12.3 Å². The first-order valence-electron chi connectivity index (χ1n) is 7.00. The van der Waals surface area contributed by atoms with Gasteiger partial charge in [0.2, 0.25) is 0 Å². The Hall–Kier alpha value is -0.610. The minimum atomic E-state index is 0.276. The molecule has 0 amide bonds. The van der Waals surface area contributed by atoms with Gasteiger partial charge >= 0.3 is 0 Å². The van der Waals surface area contributed by atoms with Crippen molar-refractivity contribution in [3.05, 3.63) is 17.0 Å². The zero-order valence-corrected chi connectivity index (χ0v) is 13.7. The fourth-order valence-corrected chi connectivity index (χ4v) is 2.71. The van der Waals surface area contributed by atoms with Crippen LogP contribution in [0.25, 0.3) is 0 Å². The Labute approximate surface area is 121 Å². The number of hydrogen-bond acceptors (Lipinski definition) is 4. The highest BCUT2D eigenvalue weighted by Gasteiger charge is 2.14. The van der Waals surface area contributed by atoms with Gasteiger partial charge in [0.25, 0.3) is 0 Å². The molecule has 0 spiro atoms. The number of thioether (sulfide) groups is 1. The number of nitrogens with two attached hydrogens (primary N) is 1. The molecule has 1 rings (SSSR count). The molecule has 0 bridgehead atoms. The van der Waals surface area contributed by atoms with Gasteiger partial charge in [0.15, 0.2) is 5.16 Å². The maximum Gasteiger partial charge on any atom is 0.187 e. The van der Waals surface area contributed by atoms with Crippen LogP contribution in [0.3, 0.4) is 0 Å². The number of aryl methyl sites for hydroxylation is 2. The van der Waals surface area contributed by atoms with Gasteiger partial charge in [0, 0.05) is 17.1 Å². The maximum atomic E-state index is 5.73. The summed E-state index contributed by atoms with van der Waals surface area (Å²) in [5.41, 5.74) is 9.41. The summed E-state index contributed by atoms with van der Waals surface area (Å²) in [5, 5.41) is 0.915. The Morgan fingerprint density at radius 3 is 2.16 bits per heavy atom. The SMILES string of the molecule is Cc1nc(SCCCCC(C)(C)CN)nc(C)c1C. The van der Waals surface area contributed by atoms with Crippen molar-refractivity contribution in [3.63, 3.8) is 0 Å². The number of unbranched alkanes of at least 4 members (excludes halogenated alkanes) is 1. The van der Waals surface area contributed by atoms with E-state index in [2.05, 4.69) is 44.6 Å². The van der Waals surface area contributed by atoms with Gasteiger partial charge in [-0.05, 0) is 51.1 Å². The molecule has 0 radical (unpaired) electrons. The summed E-state index contributed by atoms with van der Waals surface area (Å²) in [7, 11) is 0. The van der Waals surface area contributed by atoms with Gasteiger partial charge < -0.3 is 5.73 Å². The molecule has 3 nitrogen and oxygen atoms in total. The highest BCUT2D eigenvalue weighted by Crippen LogP contribution is 2.23. The van der Waals surface area contributed by atoms with E-state index >= 15 is 0 Å². The molecule has 1 aromatic heterocycles. The summed E-state index contributed by atoms with van der Waals surface area (Å²) in [6.45, 7) is 11.4. The monoisotopic (exact) mass is 281 g/mol. The third kappa shape index (κ3) is 5.49. The van der Waals surface area contributed by atoms with Crippen molar-refractivity contribution < 1.29 is 0 Å². The lowest BCUT2D eigenvalue weighted by Gasteiger charge is -2.21. The number of hydrogen-bond donors (Lipinski definition) is 1. The molecule has 0 aliphatic heterocycles. The molecule has 0 aromatic carbocycles. The molecule has 1 heterocycles. The van der Waals surface area contributed by atoms with Crippen LogP contribution in [0, 0.1) is 26.2 Å². The third-order valence-corrected chi connectivity index (χ3v) is 4.58. The largest absolute Gasteiger partial charge is 0.330 e. The normalized spacial score (nSPS) is 11.9. The molecule has 0 aliphatic carbocycles. The van der Waals surface area contributed by atoms with Crippen LogP contribution in [-0.2, 0) is 0 Å². The second-order valence-electron chi connectivity index (χ2n) is 5.98. The zero-order valence-electron chi connectivity index (χ0n) is 12.9. The lowest BCUT2D eigenvalue weighted by molar-refractivity contribution is 0.336. The van der Waals surface area contributed by atoms with E-state index in [1.807, 2.05) is 0 Å². The standard InChI is InChI=1S/C15H27N3S/c1-11-12(2)17-14(18-13(11)3)19-9-7-6-8-15(4,5)10-16/h6-10,16H2,1-5H3. The van der Waals surface area contributed by atoms with E-state index in [9.17, 15) is 0 Å². The van der Waals surface area contributed by atoms with Gasteiger partial charge in [-0.3, -0.25) is 0 Å². The van der Waals surface area contributed by atoms with Crippen LogP contribution in [0.5, 0.6) is 0 Å². The molecule has 4 heteroatoms. The smallest absolute Gasteiger partial charge is 0.187 e. The quantitative estimate of drug-likeness (QED) is 0.471. The Morgan fingerprint density at radius 2 is 1.63 bits per heavy atom. The summed E-state index contributed by atoms with van der Waals surface area (Å²) < 4.78 is 0.